The number of aryl methyl sites for hydroxylation is 1. The Hall–Kier alpha value is -0.00610. The number of carbonyl (C=O) groups excluding carboxylic acids is 1. The van der Waals surface area contributed by atoms with Crippen LogP contribution in [0.25, 0.3) is 0 Å². The normalized spacial score (nSPS) is 33.3. The van der Waals surface area contributed by atoms with Crippen molar-refractivity contribution in [1.82, 2.24) is 0 Å². The molecule has 0 heterocycles. The standard InChI is InChI=1S/C19H24O.C2H6.CH3.Y/c1-19-12-11-15-14-6-3-2-5-13(14)9-10-16(15)17(19)7-4-8-18(19)20;1-2;;/h2-3,5-6,15-17H,4,7-12H2,1H3;1-2H3;1H3;/q;;-1;. The molecule has 0 aromatic heterocycles. The van der Waals surface area contributed by atoms with E-state index in [9.17, 15) is 4.79 Å². The van der Waals surface area contributed by atoms with E-state index in [-0.39, 0.29) is 45.6 Å². The van der Waals surface area contributed by atoms with Gasteiger partial charge in [-0.15, -0.1) is 0 Å². The molecule has 1 radical (unpaired) electrons. The summed E-state index contributed by atoms with van der Waals surface area (Å²) >= 11 is 0. The van der Waals surface area contributed by atoms with E-state index in [4.69, 9.17) is 0 Å². The summed E-state index contributed by atoms with van der Waals surface area (Å²) in [7, 11) is 0. The van der Waals surface area contributed by atoms with Crippen molar-refractivity contribution in [3.8, 4) is 0 Å². The van der Waals surface area contributed by atoms with Gasteiger partial charge in [-0.1, -0.05) is 45.0 Å². The fourth-order valence-electron chi connectivity index (χ4n) is 5.49. The molecule has 4 rings (SSSR count). The average molecular weight is 402 g/mol. The molecule has 1 aromatic carbocycles. The summed E-state index contributed by atoms with van der Waals surface area (Å²) in [5, 5.41) is 0. The minimum absolute atomic E-state index is 0. The average Bonchev–Trinajstić information content (AvgIpc) is 2.57. The van der Waals surface area contributed by atoms with Gasteiger partial charge in [0.25, 0.3) is 0 Å². The molecule has 4 atom stereocenters. The van der Waals surface area contributed by atoms with Crippen LogP contribution in [0.2, 0.25) is 0 Å². The molecular formula is C22H33OY-. The SMILES string of the molecule is CC.CC12CCC3c4ccccc4CCC3C1CCCC2=O.[CH3-].[Y]. The number of rotatable bonds is 0. The first-order chi connectivity index (χ1) is 10.7. The van der Waals surface area contributed by atoms with Crippen molar-refractivity contribution in [2.45, 2.75) is 71.6 Å². The molecule has 2 fully saturated rings. The van der Waals surface area contributed by atoms with Crippen molar-refractivity contribution in [3.63, 3.8) is 0 Å². The summed E-state index contributed by atoms with van der Waals surface area (Å²) in [5.74, 6) is 2.69. The summed E-state index contributed by atoms with van der Waals surface area (Å²) < 4.78 is 0. The molecular weight excluding hydrogens is 369 g/mol. The number of carbonyl (C=O) groups is 1. The summed E-state index contributed by atoms with van der Waals surface area (Å²) in [6.07, 6.45) is 8.11. The van der Waals surface area contributed by atoms with Crippen LogP contribution in [0.1, 0.15) is 76.3 Å². The Balaban J connectivity index is 0.000000695. The molecule has 0 bridgehead atoms. The Morgan fingerprint density at radius 1 is 1.04 bits per heavy atom. The van der Waals surface area contributed by atoms with Gasteiger partial charge in [0.1, 0.15) is 5.78 Å². The number of ketones is 1. The first-order valence-corrected chi connectivity index (χ1v) is 9.31. The fourth-order valence-corrected chi connectivity index (χ4v) is 5.49. The molecule has 0 N–H and O–H groups in total. The zero-order valence-electron chi connectivity index (χ0n) is 16.0. The van der Waals surface area contributed by atoms with E-state index in [2.05, 4.69) is 31.2 Å². The van der Waals surface area contributed by atoms with E-state index in [1.165, 1.54) is 25.7 Å². The second kappa shape index (κ2) is 9.08. The number of hydrogen-bond donors (Lipinski definition) is 0. The smallest absolute Gasteiger partial charge is 0.139 e. The fraction of sp³-hybridized carbons (Fsp3) is 0.636. The van der Waals surface area contributed by atoms with Crippen LogP contribution < -0.4 is 0 Å². The molecule has 2 saturated carbocycles. The van der Waals surface area contributed by atoms with Gasteiger partial charge in [0.2, 0.25) is 0 Å². The maximum absolute atomic E-state index is 12.5. The van der Waals surface area contributed by atoms with Crippen molar-refractivity contribution in [2.24, 2.45) is 17.3 Å². The third kappa shape index (κ3) is 3.59. The van der Waals surface area contributed by atoms with Gasteiger partial charge in [0, 0.05) is 44.5 Å². The van der Waals surface area contributed by atoms with E-state index in [0.29, 0.717) is 11.7 Å². The third-order valence-corrected chi connectivity index (χ3v) is 6.58. The molecule has 0 aliphatic heterocycles. The second-order valence-electron chi connectivity index (χ2n) is 7.39. The van der Waals surface area contributed by atoms with E-state index >= 15 is 0 Å². The van der Waals surface area contributed by atoms with Crippen molar-refractivity contribution in [2.75, 3.05) is 0 Å². The van der Waals surface area contributed by atoms with Crippen LogP contribution in [0.3, 0.4) is 0 Å². The van der Waals surface area contributed by atoms with E-state index in [0.717, 1.165) is 31.1 Å². The van der Waals surface area contributed by atoms with E-state index in [1.54, 1.807) is 11.1 Å². The molecule has 1 aromatic rings. The van der Waals surface area contributed by atoms with Crippen LogP contribution in [0, 0.1) is 24.7 Å². The van der Waals surface area contributed by atoms with E-state index < -0.39 is 0 Å². The maximum Gasteiger partial charge on any atom is 0.139 e. The predicted molar refractivity (Wildman–Crippen MR) is 98.4 cm³/mol. The Morgan fingerprint density at radius 3 is 2.50 bits per heavy atom. The third-order valence-electron chi connectivity index (χ3n) is 6.58. The van der Waals surface area contributed by atoms with Gasteiger partial charge in [-0.3, -0.25) is 4.79 Å². The molecule has 3 aliphatic rings. The molecule has 1 nitrogen and oxygen atoms in total. The Morgan fingerprint density at radius 2 is 1.75 bits per heavy atom. The molecule has 131 valence electrons. The van der Waals surface area contributed by atoms with Crippen LogP contribution in [0.4, 0.5) is 0 Å². The summed E-state index contributed by atoms with van der Waals surface area (Å²) in [5.41, 5.74) is 3.18. The molecule has 3 aliphatic carbocycles. The van der Waals surface area contributed by atoms with Crippen molar-refractivity contribution >= 4 is 5.78 Å². The van der Waals surface area contributed by atoms with Crippen LogP contribution in [-0.4, -0.2) is 5.78 Å². The van der Waals surface area contributed by atoms with Crippen LogP contribution in [0.5, 0.6) is 0 Å². The Labute approximate surface area is 174 Å². The van der Waals surface area contributed by atoms with Crippen molar-refractivity contribution < 1.29 is 37.5 Å². The maximum atomic E-state index is 12.5. The summed E-state index contributed by atoms with van der Waals surface area (Å²) in [6, 6.07) is 9.03. The van der Waals surface area contributed by atoms with Gasteiger partial charge in [-0.05, 0) is 67.4 Å². The van der Waals surface area contributed by atoms with Crippen molar-refractivity contribution in [1.29, 1.82) is 0 Å². The molecule has 24 heavy (non-hydrogen) atoms. The van der Waals surface area contributed by atoms with Crippen LogP contribution in [-0.2, 0) is 43.9 Å². The predicted octanol–water partition coefficient (Wildman–Crippen LogP) is 5.98. The number of hydrogen-bond acceptors (Lipinski definition) is 1. The molecule has 4 unspecified atom stereocenters. The Kier molecular flexibility index (Phi) is 8.34. The number of benzene rings is 1. The van der Waals surface area contributed by atoms with Gasteiger partial charge in [-0.2, -0.15) is 0 Å². The Bertz CT molecular complexity index is 553. The minimum Gasteiger partial charge on any atom is -0.358 e. The van der Waals surface area contributed by atoms with Gasteiger partial charge in [0.15, 0.2) is 0 Å². The quantitative estimate of drug-likeness (QED) is 0.488. The second-order valence-corrected chi connectivity index (χ2v) is 7.39. The first-order valence-electron chi connectivity index (χ1n) is 9.31. The monoisotopic (exact) mass is 402 g/mol. The summed E-state index contributed by atoms with van der Waals surface area (Å²) in [4.78, 5) is 12.5. The van der Waals surface area contributed by atoms with E-state index in [1.807, 2.05) is 13.8 Å². The largest absolute Gasteiger partial charge is 0.358 e. The van der Waals surface area contributed by atoms with Gasteiger partial charge in [-0.25, -0.2) is 0 Å². The zero-order chi connectivity index (χ0) is 15.7. The van der Waals surface area contributed by atoms with Gasteiger partial charge in [0.05, 0.1) is 0 Å². The molecule has 2 heteroatoms. The zero-order valence-corrected chi connectivity index (χ0v) is 18.8. The van der Waals surface area contributed by atoms with Crippen molar-refractivity contribution in [3.05, 3.63) is 42.8 Å². The first kappa shape index (κ1) is 22.0. The topological polar surface area (TPSA) is 17.1 Å². The molecule has 0 spiro atoms. The minimum atomic E-state index is 0. The summed E-state index contributed by atoms with van der Waals surface area (Å²) in [6.45, 7) is 6.27. The van der Waals surface area contributed by atoms with Crippen LogP contribution in [0.15, 0.2) is 24.3 Å². The molecule has 0 amide bonds. The number of Topliss-reactive ketones (excluding diaryl/α,β-unsaturated/α-hetero) is 1. The van der Waals surface area contributed by atoms with Crippen LogP contribution >= 0.6 is 0 Å². The number of fused-ring (bicyclic) bond motifs is 5. The van der Waals surface area contributed by atoms with Gasteiger partial charge >= 0.3 is 0 Å². The van der Waals surface area contributed by atoms with Gasteiger partial charge < -0.3 is 7.43 Å². The molecule has 0 saturated heterocycles.